The van der Waals surface area contributed by atoms with Crippen molar-refractivity contribution >= 4 is 0 Å². The van der Waals surface area contributed by atoms with Crippen LogP contribution in [0.1, 0.15) is 50.3 Å². The molecule has 1 aromatic rings. The third-order valence-corrected chi connectivity index (χ3v) is 2.96. The molecule has 1 rings (SSSR count). The van der Waals surface area contributed by atoms with Crippen LogP contribution in [0.25, 0.3) is 0 Å². The average molecular weight is 204 g/mol. The third-order valence-electron chi connectivity index (χ3n) is 2.96. The van der Waals surface area contributed by atoms with Crippen molar-refractivity contribution in [2.45, 2.75) is 53.9 Å². The van der Waals surface area contributed by atoms with Gasteiger partial charge in [-0.15, -0.1) is 0 Å². The van der Waals surface area contributed by atoms with E-state index in [2.05, 4.69) is 52.8 Å². The van der Waals surface area contributed by atoms with Crippen LogP contribution in [-0.4, -0.2) is 0 Å². The van der Waals surface area contributed by atoms with E-state index in [0.29, 0.717) is 5.41 Å². The molecule has 0 nitrogen and oxygen atoms in total. The molecule has 0 spiro atoms. The van der Waals surface area contributed by atoms with Gasteiger partial charge in [0, 0.05) is 0 Å². The van der Waals surface area contributed by atoms with Gasteiger partial charge >= 0.3 is 0 Å². The lowest BCUT2D eigenvalue weighted by atomic mass is 9.89. The molecule has 0 heterocycles. The molecule has 0 bridgehead atoms. The van der Waals surface area contributed by atoms with E-state index in [1.165, 1.54) is 36.0 Å². The maximum absolute atomic E-state index is 2.33. The minimum atomic E-state index is 0.472. The van der Waals surface area contributed by atoms with Crippen LogP contribution in [0, 0.1) is 19.3 Å². The largest absolute Gasteiger partial charge is 0.0602 e. The molecule has 0 aliphatic carbocycles. The van der Waals surface area contributed by atoms with E-state index in [1.807, 2.05) is 0 Å². The number of hydrogen-bond donors (Lipinski definition) is 0. The van der Waals surface area contributed by atoms with E-state index in [4.69, 9.17) is 0 Å². The second kappa shape index (κ2) is 4.83. The first-order chi connectivity index (χ1) is 6.88. The van der Waals surface area contributed by atoms with Gasteiger partial charge in [-0.05, 0) is 55.2 Å². The fourth-order valence-corrected chi connectivity index (χ4v) is 1.78. The molecule has 0 saturated carbocycles. The Kier molecular flexibility index (Phi) is 3.96. The molecular weight excluding hydrogens is 180 g/mol. The first kappa shape index (κ1) is 12.3. The zero-order valence-electron chi connectivity index (χ0n) is 10.9. The van der Waals surface area contributed by atoms with Crippen LogP contribution in [0.3, 0.4) is 0 Å². The maximum Gasteiger partial charge on any atom is -0.0279 e. The second-order valence-corrected chi connectivity index (χ2v) is 5.83. The monoisotopic (exact) mass is 204 g/mol. The number of rotatable bonds is 3. The summed E-state index contributed by atoms with van der Waals surface area (Å²) in [4.78, 5) is 0. The number of hydrogen-bond acceptors (Lipinski definition) is 0. The standard InChI is InChI=1S/C15H24/c1-12-8-9-14(11-13(12)2)7-6-10-15(3,4)5/h8-9,11H,6-7,10H2,1-5H3. The Morgan fingerprint density at radius 3 is 2.20 bits per heavy atom. The van der Waals surface area contributed by atoms with Gasteiger partial charge in [-0.1, -0.05) is 39.0 Å². The predicted octanol–water partition coefficient (Wildman–Crippen LogP) is 4.67. The van der Waals surface area contributed by atoms with Crippen LogP contribution in [0.5, 0.6) is 0 Å². The molecule has 0 radical (unpaired) electrons. The van der Waals surface area contributed by atoms with E-state index in [1.54, 1.807) is 0 Å². The lowest BCUT2D eigenvalue weighted by molar-refractivity contribution is 0.365. The van der Waals surface area contributed by atoms with Crippen LogP contribution in [-0.2, 0) is 6.42 Å². The van der Waals surface area contributed by atoms with Gasteiger partial charge in [0.1, 0.15) is 0 Å². The van der Waals surface area contributed by atoms with Gasteiger partial charge in [-0.2, -0.15) is 0 Å². The van der Waals surface area contributed by atoms with Gasteiger partial charge in [-0.3, -0.25) is 0 Å². The Bertz CT molecular complexity index is 315. The molecule has 0 amide bonds. The topological polar surface area (TPSA) is 0 Å². The van der Waals surface area contributed by atoms with Crippen LogP contribution in [0.4, 0.5) is 0 Å². The van der Waals surface area contributed by atoms with Crippen molar-refractivity contribution in [2.75, 3.05) is 0 Å². The molecule has 0 saturated heterocycles. The number of benzene rings is 1. The molecular formula is C15H24. The second-order valence-electron chi connectivity index (χ2n) is 5.83. The highest BCUT2D eigenvalue weighted by atomic mass is 14.1. The molecule has 0 fully saturated rings. The molecule has 15 heavy (non-hydrogen) atoms. The molecule has 0 aliphatic heterocycles. The van der Waals surface area contributed by atoms with Crippen LogP contribution < -0.4 is 0 Å². The average Bonchev–Trinajstić information content (AvgIpc) is 2.09. The minimum absolute atomic E-state index is 0.472. The van der Waals surface area contributed by atoms with Gasteiger partial charge in [0.25, 0.3) is 0 Å². The van der Waals surface area contributed by atoms with Crippen molar-refractivity contribution in [3.63, 3.8) is 0 Å². The van der Waals surface area contributed by atoms with Gasteiger partial charge in [0.05, 0.1) is 0 Å². The van der Waals surface area contributed by atoms with Crippen molar-refractivity contribution < 1.29 is 0 Å². The summed E-state index contributed by atoms with van der Waals surface area (Å²) in [6, 6.07) is 6.84. The number of aryl methyl sites for hydroxylation is 3. The Balaban J connectivity index is 2.48. The summed E-state index contributed by atoms with van der Waals surface area (Å²) >= 11 is 0. The summed E-state index contributed by atoms with van der Waals surface area (Å²) < 4.78 is 0. The molecule has 0 heteroatoms. The van der Waals surface area contributed by atoms with Crippen LogP contribution in [0.15, 0.2) is 18.2 Å². The van der Waals surface area contributed by atoms with Gasteiger partial charge in [0.2, 0.25) is 0 Å². The van der Waals surface area contributed by atoms with Crippen molar-refractivity contribution in [3.8, 4) is 0 Å². The van der Waals surface area contributed by atoms with Gasteiger partial charge in [0.15, 0.2) is 0 Å². The zero-order valence-corrected chi connectivity index (χ0v) is 10.9. The van der Waals surface area contributed by atoms with E-state index in [-0.39, 0.29) is 0 Å². The normalized spacial score (nSPS) is 11.8. The van der Waals surface area contributed by atoms with Crippen LogP contribution >= 0.6 is 0 Å². The van der Waals surface area contributed by atoms with Crippen LogP contribution in [0.2, 0.25) is 0 Å². The highest BCUT2D eigenvalue weighted by Crippen LogP contribution is 2.22. The quantitative estimate of drug-likeness (QED) is 0.671. The molecule has 0 N–H and O–H groups in total. The molecule has 0 unspecified atom stereocenters. The van der Waals surface area contributed by atoms with Crippen molar-refractivity contribution in [1.29, 1.82) is 0 Å². The third kappa shape index (κ3) is 4.51. The summed E-state index contributed by atoms with van der Waals surface area (Å²) in [5.41, 5.74) is 4.78. The highest BCUT2D eigenvalue weighted by Gasteiger charge is 2.09. The molecule has 1 aromatic carbocycles. The fraction of sp³-hybridized carbons (Fsp3) is 0.600. The highest BCUT2D eigenvalue weighted by molar-refractivity contribution is 5.29. The summed E-state index contributed by atoms with van der Waals surface area (Å²) in [7, 11) is 0. The predicted molar refractivity (Wildman–Crippen MR) is 68.3 cm³/mol. The van der Waals surface area contributed by atoms with E-state index >= 15 is 0 Å². The Hall–Kier alpha value is -0.780. The first-order valence-electron chi connectivity index (χ1n) is 5.95. The molecule has 0 aliphatic rings. The fourth-order valence-electron chi connectivity index (χ4n) is 1.78. The lowest BCUT2D eigenvalue weighted by Gasteiger charge is -2.17. The van der Waals surface area contributed by atoms with Gasteiger partial charge in [-0.25, -0.2) is 0 Å². The Morgan fingerprint density at radius 1 is 1.00 bits per heavy atom. The Morgan fingerprint density at radius 2 is 1.67 bits per heavy atom. The summed E-state index contributed by atoms with van der Waals surface area (Å²) in [5.74, 6) is 0. The summed E-state index contributed by atoms with van der Waals surface area (Å²) in [5, 5.41) is 0. The molecule has 84 valence electrons. The van der Waals surface area contributed by atoms with E-state index in [0.717, 1.165) is 0 Å². The maximum atomic E-state index is 2.33. The SMILES string of the molecule is Cc1ccc(CCCC(C)(C)C)cc1C. The van der Waals surface area contributed by atoms with Crippen molar-refractivity contribution in [3.05, 3.63) is 34.9 Å². The smallest absolute Gasteiger partial charge is 0.0279 e. The van der Waals surface area contributed by atoms with Crippen molar-refractivity contribution in [1.82, 2.24) is 0 Å². The van der Waals surface area contributed by atoms with Gasteiger partial charge < -0.3 is 0 Å². The summed E-state index contributed by atoms with van der Waals surface area (Å²) in [6.45, 7) is 11.3. The first-order valence-corrected chi connectivity index (χ1v) is 5.95. The Labute approximate surface area is 94.7 Å². The molecule has 0 aromatic heterocycles. The lowest BCUT2D eigenvalue weighted by Crippen LogP contribution is -2.05. The van der Waals surface area contributed by atoms with E-state index in [9.17, 15) is 0 Å². The van der Waals surface area contributed by atoms with E-state index < -0.39 is 0 Å². The van der Waals surface area contributed by atoms with Crippen molar-refractivity contribution in [2.24, 2.45) is 5.41 Å². The minimum Gasteiger partial charge on any atom is -0.0602 e. The molecule has 0 atom stereocenters. The zero-order chi connectivity index (χ0) is 11.5. The summed E-state index contributed by atoms with van der Waals surface area (Å²) in [6.07, 6.45) is 3.82.